The van der Waals surface area contributed by atoms with E-state index in [9.17, 15) is 102 Å². The zero-order chi connectivity index (χ0) is 71.7. The van der Waals surface area contributed by atoms with Crippen molar-refractivity contribution in [1.82, 2.24) is 0 Å². The van der Waals surface area contributed by atoms with Gasteiger partial charge in [-0.15, -0.1) is 0 Å². The van der Waals surface area contributed by atoms with Crippen LogP contribution in [0.5, 0.6) is 0 Å². The van der Waals surface area contributed by atoms with Crippen LogP contribution in [0, 0.1) is 50.2 Å². The number of aldehydes is 1. The molecule has 0 radical (unpaired) electrons. The summed E-state index contributed by atoms with van der Waals surface area (Å²) in [6.45, 7) is 12.8. The van der Waals surface area contributed by atoms with E-state index in [1.807, 2.05) is 0 Å². The normalized spacial score (nSPS) is 54.9. The van der Waals surface area contributed by atoms with Crippen LogP contribution in [0.25, 0.3) is 0 Å². The minimum atomic E-state index is -2.12. The van der Waals surface area contributed by atoms with E-state index in [4.69, 9.17) is 56.8 Å². The molecule has 33 heteroatoms. The van der Waals surface area contributed by atoms with E-state index in [2.05, 4.69) is 40.7 Å². The number of carboxylic acid groups (broad SMARTS) is 1. The first-order chi connectivity index (χ1) is 45.9. The molecule has 0 aromatic heterocycles. The smallest absolute Gasteiger partial charge is 0.335 e. The van der Waals surface area contributed by atoms with Crippen molar-refractivity contribution < 1.29 is 163 Å². The highest BCUT2D eigenvalue weighted by Crippen LogP contribution is 2.76. The molecule has 11 aliphatic rings. The summed E-state index contributed by atoms with van der Waals surface area (Å²) in [6, 6.07) is 0. The molecule has 6 heterocycles. The molecule has 98 heavy (non-hydrogen) atoms. The molecule has 10 fully saturated rings. The number of esters is 1. The zero-order valence-electron chi connectivity index (χ0n) is 55.9. The van der Waals surface area contributed by atoms with Gasteiger partial charge in [0.1, 0.15) is 128 Å². The maximum Gasteiger partial charge on any atom is 0.335 e. The number of allylic oxidation sites excluding steroid dienone is 2. The zero-order valence-corrected chi connectivity index (χ0v) is 55.9. The quantitative estimate of drug-likeness (QED) is 0.0297. The number of carboxylic acids is 1. The predicted molar refractivity (Wildman–Crippen MR) is 322 cm³/mol. The van der Waals surface area contributed by atoms with Crippen LogP contribution in [-0.2, 0) is 71.2 Å². The van der Waals surface area contributed by atoms with Gasteiger partial charge in [-0.25, -0.2) is 4.79 Å². The summed E-state index contributed by atoms with van der Waals surface area (Å²) in [5.41, 5.74) is -4.66. The molecule has 0 aromatic carbocycles. The van der Waals surface area contributed by atoms with Crippen LogP contribution >= 0.6 is 0 Å². The molecule has 0 amide bonds. The number of rotatable bonds is 16. The van der Waals surface area contributed by atoms with E-state index >= 15 is 4.79 Å². The van der Waals surface area contributed by atoms with Crippen molar-refractivity contribution in [1.29, 1.82) is 0 Å². The van der Waals surface area contributed by atoms with Gasteiger partial charge in [-0.05, 0) is 111 Å². The first kappa shape index (κ1) is 76.4. The Balaban J connectivity index is 0.864. The first-order valence-corrected chi connectivity index (χ1v) is 34.1. The Morgan fingerprint density at radius 1 is 0.531 bits per heavy atom. The molecule has 6 saturated heterocycles. The average molecular weight is 1410 g/mol. The van der Waals surface area contributed by atoms with Crippen LogP contribution in [0.3, 0.4) is 0 Å². The van der Waals surface area contributed by atoms with Crippen molar-refractivity contribution >= 4 is 18.2 Å². The van der Waals surface area contributed by atoms with Gasteiger partial charge in [0.25, 0.3) is 0 Å². The molecular weight excluding hydrogens is 1310 g/mol. The summed E-state index contributed by atoms with van der Waals surface area (Å²) in [5, 5.41) is 197. The second-order valence-electron chi connectivity index (χ2n) is 31.2. The Bertz CT molecular complexity index is 2850. The summed E-state index contributed by atoms with van der Waals surface area (Å²) in [5.74, 6) is -3.91. The fourth-order valence-electron chi connectivity index (χ4n) is 19.0. The Morgan fingerprint density at radius 2 is 1.07 bits per heavy atom. The van der Waals surface area contributed by atoms with Gasteiger partial charge in [-0.3, -0.25) is 4.79 Å². The molecule has 39 atom stereocenters. The molecule has 5 aliphatic carbocycles. The van der Waals surface area contributed by atoms with E-state index in [1.165, 1.54) is 13.8 Å². The largest absolute Gasteiger partial charge is 0.479 e. The highest BCUT2D eigenvalue weighted by molar-refractivity contribution is 5.80. The maximum absolute atomic E-state index is 15.9. The number of aliphatic hydroxyl groups excluding tert-OH is 17. The molecule has 4 saturated carbocycles. The summed E-state index contributed by atoms with van der Waals surface area (Å²) in [6.07, 6.45) is -49.3. The van der Waals surface area contributed by atoms with Crippen LogP contribution in [0.4, 0.5) is 0 Å². The van der Waals surface area contributed by atoms with Gasteiger partial charge in [0.2, 0.25) is 6.29 Å². The lowest BCUT2D eigenvalue weighted by Crippen LogP contribution is -2.69. The first-order valence-electron chi connectivity index (χ1n) is 34.1. The van der Waals surface area contributed by atoms with Gasteiger partial charge in [-0.1, -0.05) is 53.2 Å². The third-order valence-electron chi connectivity index (χ3n) is 25.1. The van der Waals surface area contributed by atoms with E-state index < -0.39 is 266 Å². The summed E-state index contributed by atoms with van der Waals surface area (Å²) < 4.78 is 72.3. The monoisotopic (exact) mass is 1410 g/mol. The van der Waals surface area contributed by atoms with E-state index in [1.54, 1.807) is 6.92 Å². The van der Waals surface area contributed by atoms with Crippen molar-refractivity contribution in [3.8, 4) is 0 Å². The number of ether oxygens (including phenoxy) is 12. The molecule has 0 aromatic rings. The Kier molecular flexibility index (Phi) is 22.0. The van der Waals surface area contributed by atoms with Crippen molar-refractivity contribution in [3.05, 3.63) is 11.6 Å². The molecule has 39 unspecified atom stereocenters. The van der Waals surface area contributed by atoms with Crippen LogP contribution in [0.15, 0.2) is 11.6 Å². The third kappa shape index (κ3) is 12.7. The summed E-state index contributed by atoms with van der Waals surface area (Å²) in [7, 11) is 0. The van der Waals surface area contributed by atoms with Gasteiger partial charge in [0, 0.05) is 0 Å². The molecule has 11 rings (SSSR count). The van der Waals surface area contributed by atoms with Crippen LogP contribution in [0.2, 0.25) is 0 Å². The van der Waals surface area contributed by atoms with Crippen molar-refractivity contribution in [2.45, 2.75) is 304 Å². The van der Waals surface area contributed by atoms with Crippen LogP contribution in [0.1, 0.15) is 113 Å². The third-order valence-corrected chi connectivity index (χ3v) is 25.1. The highest BCUT2D eigenvalue weighted by atomic mass is 16.8. The van der Waals surface area contributed by atoms with Gasteiger partial charge in [-0.2, -0.15) is 0 Å². The number of aliphatic carboxylic acids is 1. The van der Waals surface area contributed by atoms with E-state index in [0.29, 0.717) is 38.5 Å². The fourth-order valence-corrected chi connectivity index (χ4v) is 19.0. The van der Waals surface area contributed by atoms with Gasteiger partial charge >= 0.3 is 11.9 Å². The average Bonchev–Trinajstić information content (AvgIpc) is 0.668. The topological polar surface area (TPSA) is 526 Å². The molecular formula is C65H102O33. The van der Waals surface area contributed by atoms with Gasteiger partial charge in [0.15, 0.2) is 43.7 Å². The summed E-state index contributed by atoms with van der Waals surface area (Å²) in [4.78, 5) is 42.3. The Hall–Kier alpha value is -2.77. The second-order valence-corrected chi connectivity index (χ2v) is 31.2. The van der Waals surface area contributed by atoms with Crippen LogP contribution in [-0.4, -0.2) is 320 Å². The van der Waals surface area contributed by atoms with E-state index in [-0.39, 0.29) is 25.2 Å². The Labute approximate surface area is 564 Å². The van der Waals surface area contributed by atoms with Crippen molar-refractivity contribution in [3.63, 3.8) is 0 Å². The number of hydrogen-bond acceptors (Lipinski definition) is 32. The van der Waals surface area contributed by atoms with Crippen molar-refractivity contribution in [2.24, 2.45) is 50.2 Å². The number of carbonyl (C=O) groups is 3. The van der Waals surface area contributed by atoms with E-state index in [0.717, 1.165) is 11.9 Å². The molecule has 18 N–H and O–H groups in total. The lowest BCUT2D eigenvalue weighted by atomic mass is 9.33. The number of fused-ring (bicyclic) bond motifs is 7. The number of carbonyl (C=O) groups excluding carboxylic acids is 2. The van der Waals surface area contributed by atoms with Crippen molar-refractivity contribution in [2.75, 3.05) is 19.8 Å². The molecule has 0 bridgehead atoms. The molecule has 560 valence electrons. The minimum Gasteiger partial charge on any atom is -0.479 e. The van der Waals surface area contributed by atoms with Crippen LogP contribution < -0.4 is 0 Å². The van der Waals surface area contributed by atoms with Gasteiger partial charge < -0.3 is 154 Å². The second kappa shape index (κ2) is 28.3. The summed E-state index contributed by atoms with van der Waals surface area (Å²) >= 11 is 0. The number of hydrogen-bond donors (Lipinski definition) is 18. The lowest BCUT2D eigenvalue weighted by Gasteiger charge is -2.71. The number of aliphatic hydroxyl groups is 17. The highest BCUT2D eigenvalue weighted by Gasteiger charge is 2.73. The fraction of sp³-hybridized carbons (Fsp3) is 0.923. The standard InChI is InChI=1S/C65H102O33/c1-23-34(71)40(77)49(97-56-51(96-55-45(82)39(76)37(74)29(20-67)91-55)46(83)47(24(2)89-56)93-53-43(80)35(72)27(69)21-87-53)57(88-23)98-59(86)65-16-15-60(3,4)17-26(65)25-9-10-31-61(5)13-12-33(62(6,22-68)30(61)11-14-63(31,7)64(25,8)18-32(65)70)92-58-50(42(79)41(78)48(94-58)52(84)85)95-54-44(81)38(75)36(73)28(19-66)90-54/h9,22-24,26-51,53-58,66-67,69-83H,10-21H2,1-8H3,(H,84,85). The molecule has 33 nitrogen and oxygen atoms in total. The minimum absolute atomic E-state index is 0.0423. The maximum atomic E-state index is 15.9. The van der Waals surface area contributed by atoms with Gasteiger partial charge in [0.05, 0.1) is 49.7 Å². The molecule has 6 aliphatic heterocycles. The predicted octanol–water partition coefficient (Wildman–Crippen LogP) is -5.45. The SMILES string of the molecule is CC1OC(OC(=O)C23CCC(C)(C)CC2C2=CCC4C5(C)CCC(OC6OC(C(=O)O)C(O)C(O)C6OC6OC(CO)C(O)C(O)C6O)C(C)(C=O)C5CCC4(C)C2(C)CC3O)C(OC2OC(C)C(OC3OCC(O)C(O)C3O)C(O)C2OC2OC(CO)C(O)C(O)C2O)C(O)C1O. The molecule has 0 spiro atoms. The Morgan fingerprint density at radius 3 is 1.66 bits per heavy atom. The lowest BCUT2D eigenvalue weighted by molar-refractivity contribution is -0.399.